The molecule has 0 radical (unpaired) electrons. The van der Waals surface area contributed by atoms with Crippen molar-refractivity contribution in [1.82, 2.24) is 10.6 Å². The highest BCUT2D eigenvalue weighted by atomic mass is 16.6. The molecule has 1 unspecified atom stereocenters. The Morgan fingerprint density at radius 1 is 0.824 bits per heavy atom. The lowest BCUT2D eigenvalue weighted by Gasteiger charge is -2.65. The molecule has 1 saturated heterocycles. The van der Waals surface area contributed by atoms with Crippen LogP contribution in [-0.2, 0) is 63.7 Å². The van der Waals surface area contributed by atoms with E-state index in [0.29, 0.717) is 12.0 Å². The summed E-state index contributed by atoms with van der Waals surface area (Å²) in [6.45, 7) is 11.0. The number of hydrogen-bond acceptors (Lipinski definition) is 17. The molecule has 1 spiro atoms. The molecule has 8 rings (SSSR count). The Kier molecular flexibility index (Phi) is 14.8. The van der Waals surface area contributed by atoms with E-state index in [9.17, 15) is 39.0 Å². The standard InChI is InChI=1S/C55H64N2O17/c1-30-37(70-48(63)43(41(34-20-14-10-15-21-34)57-50(65)74-51(4,5)6)71-39(60)27-56-49(64)67-28-33-18-12-9-13-19-33)26-55(66)46(72-47(62)35-22-16-11-17-23-35)44-53(45(61)42(69-31(2)58)40(30)52(55,7)8)25-36(53)24-38-54(44,29-68-38)73-32(3)59/h9-23,36-38,41-46,61,66H,24-29H2,1-8H3,(H,56,64)(H,57,65)/t36-,37+,38-,41+,42-,43-,44+,45?,46+,53-,54+,55-/m1/s1. The van der Waals surface area contributed by atoms with Gasteiger partial charge in [-0.05, 0) is 80.9 Å². The van der Waals surface area contributed by atoms with Crippen molar-refractivity contribution in [2.75, 3.05) is 13.2 Å². The molecule has 74 heavy (non-hydrogen) atoms. The van der Waals surface area contributed by atoms with Crippen molar-refractivity contribution >= 4 is 42.0 Å². The van der Waals surface area contributed by atoms with Crippen LogP contribution in [0.2, 0.25) is 0 Å². The van der Waals surface area contributed by atoms with Crippen LogP contribution in [-0.4, -0.2) is 119 Å². The summed E-state index contributed by atoms with van der Waals surface area (Å²) >= 11 is 0. The topological polar surface area (TPSA) is 258 Å². The molecule has 19 heteroatoms. The number of carbonyl (C=O) groups is 7. The number of amides is 2. The molecule has 1 aliphatic heterocycles. The van der Waals surface area contributed by atoms with E-state index in [0.717, 1.165) is 0 Å². The molecule has 3 aromatic carbocycles. The first-order valence-electron chi connectivity index (χ1n) is 24.7. The quantitative estimate of drug-likeness (QED) is 0.0853. The second-order valence-corrected chi connectivity index (χ2v) is 21.4. The number of ether oxygens (including phenoxy) is 8. The minimum Gasteiger partial charge on any atom is -0.455 e. The zero-order chi connectivity index (χ0) is 53.5. The van der Waals surface area contributed by atoms with E-state index in [1.165, 1.54) is 26.0 Å². The average Bonchev–Trinajstić information content (AvgIpc) is 4.07. The third kappa shape index (κ3) is 10.2. The number of rotatable bonds is 14. The first-order chi connectivity index (χ1) is 34.9. The number of carbonyl (C=O) groups excluding carboxylic acids is 7. The van der Waals surface area contributed by atoms with Crippen molar-refractivity contribution in [3.63, 3.8) is 0 Å². The van der Waals surface area contributed by atoms with E-state index < -0.39 is 131 Å². The van der Waals surface area contributed by atoms with Crippen LogP contribution in [0.15, 0.2) is 102 Å². The van der Waals surface area contributed by atoms with Crippen molar-refractivity contribution < 1.29 is 81.7 Å². The fourth-order valence-corrected chi connectivity index (χ4v) is 11.9. The highest BCUT2D eigenvalue weighted by molar-refractivity contribution is 5.89. The molecule has 4 N–H and O–H groups in total. The Bertz CT molecular complexity index is 2670. The van der Waals surface area contributed by atoms with E-state index in [-0.39, 0.29) is 47.8 Å². The summed E-state index contributed by atoms with van der Waals surface area (Å²) in [6, 6.07) is 23.3. The maximum absolute atomic E-state index is 15.2. The average molecular weight is 1030 g/mol. The lowest BCUT2D eigenvalue weighted by molar-refractivity contribution is -0.335. The number of esters is 5. The zero-order valence-electron chi connectivity index (χ0n) is 42.6. The molecule has 19 nitrogen and oxygen atoms in total. The van der Waals surface area contributed by atoms with Gasteiger partial charge in [-0.2, -0.15) is 0 Å². The van der Waals surface area contributed by atoms with Crippen LogP contribution in [0, 0.1) is 22.7 Å². The van der Waals surface area contributed by atoms with E-state index >= 15 is 4.79 Å². The summed E-state index contributed by atoms with van der Waals surface area (Å²) in [4.78, 5) is 96.4. The summed E-state index contributed by atoms with van der Waals surface area (Å²) in [7, 11) is 0. The SMILES string of the molecule is CC(=O)O[C@@H]1C2=C(C)[C@@H](OC(=O)[C@H](OC(=O)CNC(=O)OCc3ccccc3)[C@@H](NC(=O)OC(C)(C)C)c3ccccc3)C[C@@](O)([C@@H](OC(=O)c3ccccc3)[C@@H]3[C@]4(OC(C)=O)CO[C@@H]4C[C@@H]4C[C@@]43C1O)C2(C)C. The molecule has 12 atom stereocenters. The predicted molar refractivity (Wildman–Crippen MR) is 259 cm³/mol. The van der Waals surface area contributed by atoms with Crippen molar-refractivity contribution in [2.45, 2.75) is 141 Å². The first-order valence-corrected chi connectivity index (χ1v) is 24.7. The Labute approximate surface area is 428 Å². The number of aliphatic hydroxyl groups excluding tert-OH is 1. The Morgan fingerprint density at radius 2 is 1.46 bits per heavy atom. The van der Waals surface area contributed by atoms with Crippen LogP contribution in [0.1, 0.15) is 102 Å². The largest absolute Gasteiger partial charge is 0.455 e. The van der Waals surface area contributed by atoms with E-state index in [4.69, 9.17) is 37.9 Å². The predicted octanol–water partition coefficient (Wildman–Crippen LogP) is 5.74. The second-order valence-electron chi connectivity index (χ2n) is 21.4. The van der Waals surface area contributed by atoms with Crippen LogP contribution in [0.3, 0.4) is 0 Å². The normalized spacial score (nSPS) is 29.9. The van der Waals surface area contributed by atoms with Gasteiger partial charge in [0.2, 0.25) is 6.10 Å². The second kappa shape index (κ2) is 20.5. The van der Waals surface area contributed by atoms with Crippen LogP contribution in [0.5, 0.6) is 0 Å². The van der Waals surface area contributed by atoms with Gasteiger partial charge < -0.3 is 58.7 Å². The van der Waals surface area contributed by atoms with Crippen LogP contribution in [0.4, 0.5) is 9.59 Å². The van der Waals surface area contributed by atoms with Gasteiger partial charge in [-0.1, -0.05) is 92.7 Å². The lowest BCUT2D eigenvalue weighted by atomic mass is 9.48. The molecule has 0 aromatic heterocycles. The summed E-state index contributed by atoms with van der Waals surface area (Å²) in [5, 5.41) is 32.0. The maximum Gasteiger partial charge on any atom is 0.408 e. The van der Waals surface area contributed by atoms with Gasteiger partial charge in [0.05, 0.1) is 18.1 Å². The highest BCUT2D eigenvalue weighted by Crippen LogP contribution is 2.76. The molecule has 4 fully saturated rings. The summed E-state index contributed by atoms with van der Waals surface area (Å²) in [5.41, 5.74) is -6.36. The van der Waals surface area contributed by atoms with Gasteiger partial charge in [0.15, 0.2) is 11.7 Å². The molecule has 396 valence electrons. The monoisotopic (exact) mass is 1020 g/mol. The van der Waals surface area contributed by atoms with Gasteiger partial charge in [0.25, 0.3) is 0 Å². The van der Waals surface area contributed by atoms with Crippen molar-refractivity contribution in [2.24, 2.45) is 22.7 Å². The third-order valence-electron chi connectivity index (χ3n) is 15.3. The molecule has 1 heterocycles. The van der Waals surface area contributed by atoms with Gasteiger partial charge in [0.1, 0.15) is 54.8 Å². The van der Waals surface area contributed by atoms with Crippen molar-refractivity contribution in [1.29, 1.82) is 0 Å². The summed E-state index contributed by atoms with van der Waals surface area (Å²) in [5.74, 6) is -6.29. The fourth-order valence-electron chi connectivity index (χ4n) is 11.9. The fraction of sp³-hybridized carbons (Fsp3) is 0.509. The lowest BCUT2D eigenvalue weighted by Crippen LogP contribution is -2.78. The molecular formula is C55H64N2O17. The summed E-state index contributed by atoms with van der Waals surface area (Å²) < 4.78 is 48.1. The Morgan fingerprint density at radius 3 is 2.05 bits per heavy atom. The van der Waals surface area contributed by atoms with Crippen LogP contribution < -0.4 is 10.6 Å². The van der Waals surface area contributed by atoms with Gasteiger partial charge in [0, 0.05) is 31.1 Å². The van der Waals surface area contributed by atoms with E-state index in [2.05, 4.69) is 10.6 Å². The molecule has 5 aliphatic rings. The highest BCUT2D eigenvalue weighted by Gasteiger charge is 2.84. The molecule has 3 saturated carbocycles. The van der Waals surface area contributed by atoms with Gasteiger partial charge >= 0.3 is 42.0 Å². The third-order valence-corrected chi connectivity index (χ3v) is 15.3. The number of benzene rings is 3. The minimum absolute atomic E-state index is 0.116. The van der Waals surface area contributed by atoms with E-state index in [1.54, 1.807) is 120 Å². The van der Waals surface area contributed by atoms with Crippen molar-refractivity contribution in [3.05, 3.63) is 119 Å². The van der Waals surface area contributed by atoms with Gasteiger partial charge in [-0.25, -0.2) is 19.2 Å². The van der Waals surface area contributed by atoms with Crippen molar-refractivity contribution in [3.8, 4) is 0 Å². The number of hydrogen-bond donors (Lipinski definition) is 4. The molecule has 4 aliphatic carbocycles. The maximum atomic E-state index is 15.2. The van der Waals surface area contributed by atoms with Crippen LogP contribution in [0.25, 0.3) is 0 Å². The van der Waals surface area contributed by atoms with Crippen LogP contribution >= 0.6 is 0 Å². The summed E-state index contributed by atoms with van der Waals surface area (Å²) in [6.07, 6.45) is -10.9. The Hall–Kier alpha value is -6.83. The number of nitrogens with one attached hydrogen (secondary N) is 2. The minimum atomic E-state index is -2.32. The zero-order valence-corrected chi connectivity index (χ0v) is 42.6. The number of fused-ring (bicyclic) bond motifs is 4. The van der Waals surface area contributed by atoms with Gasteiger partial charge in [-0.3, -0.25) is 14.4 Å². The van der Waals surface area contributed by atoms with Gasteiger partial charge in [-0.15, -0.1) is 0 Å². The molecule has 2 bridgehead atoms. The first kappa shape index (κ1) is 53.5. The molecular weight excluding hydrogens is 961 g/mol. The van der Waals surface area contributed by atoms with E-state index in [1.807, 2.05) is 0 Å². The smallest absolute Gasteiger partial charge is 0.408 e. The number of aliphatic hydroxyl groups is 2. The number of alkyl carbamates (subject to hydrolysis) is 2. The molecule has 2 amide bonds. The Balaban J connectivity index is 1.22. The molecule has 3 aromatic rings.